The van der Waals surface area contributed by atoms with Gasteiger partial charge in [-0.25, -0.2) is 10.8 Å². The molecule has 3 aromatic rings. The summed E-state index contributed by atoms with van der Waals surface area (Å²) in [5, 5.41) is 1.60. The number of aryl methyl sites for hydroxylation is 1. The molecule has 0 saturated heterocycles. The van der Waals surface area contributed by atoms with E-state index in [-0.39, 0.29) is 7.43 Å². The van der Waals surface area contributed by atoms with Crippen LogP contribution in [0.5, 0.6) is 0 Å². The van der Waals surface area contributed by atoms with Crippen LogP contribution in [0, 0.1) is 38.5 Å². The number of hydrogen-bond acceptors (Lipinski definition) is 0. The normalized spacial score (nSPS) is 14.7. The van der Waals surface area contributed by atoms with Crippen LogP contribution in [-0.4, -0.2) is 12.3 Å². The van der Waals surface area contributed by atoms with E-state index in [9.17, 15) is 0 Å². The van der Waals surface area contributed by atoms with Gasteiger partial charge in [-0.15, -0.1) is 5.56 Å². The Morgan fingerprint density at radius 3 is 2.00 bits per heavy atom. The largest absolute Gasteiger partial charge is 0.358 e. The first-order valence-electron chi connectivity index (χ1n) is 11.4. The van der Waals surface area contributed by atoms with Crippen molar-refractivity contribution in [2.24, 2.45) is 5.92 Å². The molecular weight excluding hydrogens is 504 g/mol. The van der Waals surface area contributed by atoms with Crippen LogP contribution in [0.15, 0.2) is 83.6 Å². The van der Waals surface area contributed by atoms with Crippen molar-refractivity contribution >= 4 is 12.3 Å². The van der Waals surface area contributed by atoms with Crippen LogP contribution in [0.4, 0.5) is 0 Å². The third-order valence-corrected chi connectivity index (χ3v) is 7.73. The Labute approximate surface area is 225 Å². The molecule has 1 unspecified atom stereocenters. The Balaban J connectivity index is 0.000000252. The second-order valence-electron chi connectivity index (χ2n) is 9.36. The van der Waals surface area contributed by atoms with Gasteiger partial charge in [0.25, 0.3) is 0 Å². The van der Waals surface area contributed by atoms with Crippen molar-refractivity contribution in [3.63, 3.8) is 0 Å². The Hall–Kier alpha value is -1.89. The zero-order valence-electron chi connectivity index (χ0n) is 21.9. The van der Waals surface area contributed by atoms with E-state index in [2.05, 4.69) is 105 Å². The fraction of sp³-hybridized carbons (Fsp3) is 0.250. The van der Waals surface area contributed by atoms with Gasteiger partial charge in [0, 0.05) is 0 Å². The summed E-state index contributed by atoms with van der Waals surface area (Å²) in [6.45, 7) is 13.6. The number of hydrogen-bond donors (Lipinski definition) is 0. The molecule has 0 nitrogen and oxygen atoms in total. The van der Waals surface area contributed by atoms with E-state index in [1.54, 1.807) is 5.20 Å². The summed E-state index contributed by atoms with van der Waals surface area (Å²) in [5.74, 6) is 0.553. The molecule has 0 aromatic heterocycles. The Bertz CT molecular complexity index is 1040. The molecule has 0 N–H and O–H groups in total. The fourth-order valence-electron chi connectivity index (χ4n) is 4.12. The molecule has 1 atom stereocenters. The van der Waals surface area contributed by atoms with E-state index >= 15 is 0 Å². The third-order valence-electron chi connectivity index (χ3n) is 5.57. The maximum atomic E-state index is 3.43. The molecule has 34 heavy (non-hydrogen) atoms. The summed E-state index contributed by atoms with van der Waals surface area (Å²) in [6.07, 6.45) is 6.86. The zero-order valence-corrected chi connectivity index (χ0v) is 25.4. The summed E-state index contributed by atoms with van der Waals surface area (Å²) in [5.41, 5.74) is 8.20. The van der Waals surface area contributed by atoms with Crippen LogP contribution in [0.1, 0.15) is 30.5 Å². The molecule has 0 spiro atoms. The van der Waals surface area contributed by atoms with E-state index in [4.69, 9.17) is 0 Å². The van der Waals surface area contributed by atoms with Crippen molar-refractivity contribution in [3.8, 4) is 11.1 Å². The number of rotatable bonds is 1. The number of benzene rings is 3. The van der Waals surface area contributed by atoms with Crippen LogP contribution < -0.4 is 0 Å². The minimum absolute atomic E-state index is 0. The first-order valence-corrected chi connectivity index (χ1v) is 16.7. The van der Waals surface area contributed by atoms with Crippen LogP contribution in [0.3, 0.4) is 0 Å². The topological polar surface area (TPSA) is 0 Å². The summed E-state index contributed by atoms with van der Waals surface area (Å²) >= 11 is 1.30. The number of allylic oxidation sites excluding steroid dienone is 4. The number of fused-ring (bicyclic) bond motifs is 3. The second kappa shape index (κ2) is 14.5. The van der Waals surface area contributed by atoms with Gasteiger partial charge < -0.3 is 7.43 Å². The van der Waals surface area contributed by atoms with Gasteiger partial charge >= 0.3 is 28.4 Å². The van der Waals surface area contributed by atoms with Crippen LogP contribution in [0.25, 0.3) is 11.1 Å². The molecule has 5 rings (SSSR count). The van der Waals surface area contributed by atoms with Crippen molar-refractivity contribution in [3.05, 3.63) is 126 Å². The first kappa shape index (κ1) is 30.1. The van der Waals surface area contributed by atoms with E-state index < -0.39 is 8.07 Å². The summed E-state index contributed by atoms with van der Waals surface area (Å²) in [6, 6.07) is 28.9. The average Bonchev–Trinajstić information content (AvgIpc) is 3.35. The van der Waals surface area contributed by atoms with E-state index in [1.165, 1.54) is 57.6 Å². The van der Waals surface area contributed by atoms with E-state index in [1.807, 2.05) is 30.3 Å². The molecule has 0 bridgehead atoms. The summed E-state index contributed by atoms with van der Waals surface area (Å²) < 4.78 is 3.34. The molecular formula is C32H38SiZr-4. The molecule has 0 amide bonds. The van der Waals surface area contributed by atoms with Gasteiger partial charge in [0.2, 0.25) is 0 Å². The smallest absolute Gasteiger partial charge is 0.0253 e. The fourth-order valence-corrected chi connectivity index (χ4v) is 6.06. The molecule has 0 saturated carbocycles. The second-order valence-corrected chi connectivity index (χ2v) is 14.4. The van der Waals surface area contributed by atoms with Crippen molar-refractivity contribution in [1.29, 1.82) is 0 Å². The van der Waals surface area contributed by atoms with Gasteiger partial charge in [-0.1, -0.05) is 81.7 Å². The quantitative estimate of drug-likeness (QED) is 0.167. The van der Waals surface area contributed by atoms with E-state index in [0.29, 0.717) is 5.92 Å². The van der Waals surface area contributed by atoms with Crippen molar-refractivity contribution < 1.29 is 24.2 Å². The summed E-state index contributed by atoms with van der Waals surface area (Å²) in [4.78, 5) is 0. The molecule has 0 heterocycles. The van der Waals surface area contributed by atoms with Crippen molar-refractivity contribution in [2.45, 2.75) is 46.8 Å². The first-order chi connectivity index (χ1) is 15.8. The van der Waals surface area contributed by atoms with Gasteiger partial charge in [0.15, 0.2) is 0 Å². The minimum Gasteiger partial charge on any atom is -0.358 e. The molecule has 0 aliphatic heterocycles. The molecule has 0 fully saturated rings. The van der Waals surface area contributed by atoms with Gasteiger partial charge in [-0.05, 0) is 14.5 Å². The van der Waals surface area contributed by atoms with Crippen molar-refractivity contribution in [1.82, 2.24) is 0 Å². The monoisotopic (exact) mass is 540 g/mol. The van der Waals surface area contributed by atoms with Gasteiger partial charge in [0.05, 0.1) is 0 Å². The minimum atomic E-state index is -1.07. The van der Waals surface area contributed by atoms with Crippen LogP contribution in [-0.2, 0) is 30.7 Å². The molecule has 2 aliphatic rings. The Morgan fingerprint density at radius 1 is 0.882 bits per heavy atom. The predicted octanol–water partition coefficient (Wildman–Crippen LogP) is 8.46. The molecule has 3 aromatic carbocycles. The van der Waals surface area contributed by atoms with Crippen LogP contribution in [0.2, 0.25) is 19.6 Å². The zero-order chi connectivity index (χ0) is 24.4. The van der Waals surface area contributed by atoms with E-state index in [0.717, 1.165) is 6.42 Å². The SMILES string of the molecule is CC1=[C-]C(C)C=C1[Si](C)(C)C.Cc1cc[c-]cc1.[CH2]=[Zr].[CH3-].[c-]1cccc2c1Cc1ccccc1-2. The standard InChI is InChI=1S/C13H9.C10H17Si.C7H7.CH3.CH2.Zr/c1-3-7-12-10(5-1)9-11-6-2-4-8-13(11)12;1-8-6-9(2)10(7-8)11(3,4)5;1-7-5-3-2-4-6-7;;;/h1-5,7-8H,9H2;7-8H,1-5H3;3-6H,1H3;1H3;1H2;/q4*-1;;. The predicted molar refractivity (Wildman–Crippen MR) is 150 cm³/mol. The third kappa shape index (κ3) is 8.71. The average molecular weight is 542 g/mol. The molecule has 0 radical (unpaired) electrons. The Kier molecular flexibility index (Phi) is 12.9. The van der Waals surface area contributed by atoms with Crippen molar-refractivity contribution in [2.75, 3.05) is 0 Å². The Morgan fingerprint density at radius 2 is 1.50 bits per heavy atom. The summed E-state index contributed by atoms with van der Waals surface area (Å²) in [7, 11) is -1.07. The maximum absolute atomic E-state index is 3.43. The van der Waals surface area contributed by atoms with Crippen LogP contribution >= 0.6 is 0 Å². The maximum Gasteiger partial charge on any atom is -0.0253 e. The molecule has 2 aliphatic carbocycles. The molecule has 2 heteroatoms. The van der Waals surface area contributed by atoms with Gasteiger partial charge in [-0.3, -0.25) is 6.08 Å². The van der Waals surface area contributed by atoms with Gasteiger partial charge in [-0.2, -0.15) is 71.8 Å². The van der Waals surface area contributed by atoms with Gasteiger partial charge in [0.1, 0.15) is 0 Å². The molecule has 178 valence electrons.